The summed E-state index contributed by atoms with van der Waals surface area (Å²) in [5, 5.41) is 0. The number of hydrogen-bond acceptors (Lipinski definition) is 1. The van der Waals surface area contributed by atoms with Gasteiger partial charge in [-0.3, -0.25) is 4.48 Å². The molecule has 21 heavy (non-hydrogen) atoms. The van der Waals surface area contributed by atoms with Crippen molar-refractivity contribution in [3.05, 3.63) is 41.2 Å². The van der Waals surface area contributed by atoms with Gasteiger partial charge in [-0.1, -0.05) is 26.0 Å². The fourth-order valence-electron chi connectivity index (χ4n) is 3.70. The number of rotatable bonds is 3. The van der Waals surface area contributed by atoms with Gasteiger partial charge < -0.3 is 4.74 Å². The molecular weight excluding hydrogens is 258 g/mol. The molecule has 3 rings (SSSR count). The topological polar surface area (TPSA) is 9.23 Å². The number of hydrogen-bond donors (Lipinski definition) is 0. The molecule has 1 unspecified atom stereocenters. The average Bonchev–Trinajstić information content (AvgIpc) is 2.70. The number of allylic oxidation sites excluding steroid dienone is 1. The maximum atomic E-state index is 6.34. The molecule has 0 radical (unpaired) electrons. The van der Waals surface area contributed by atoms with Crippen LogP contribution in [0.4, 0.5) is 5.69 Å². The van der Waals surface area contributed by atoms with Crippen molar-refractivity contribution in [1.29, 1.82) is 0 Å². The standard InChI is InChI=1S/C19H28NO/c1-18(2)16-11-12-19(18,3)21-17(16)13-14-7-9-15(10-8-14)20(4,5)6/h7-10H,11-13H2,1-6H3/q+1. The maximum absolute atomic E-state index is 6.34. The van der Waals surface area contributed by atoms with Gasteiger partial charge in [0.25, 0.3) is 0 Å². The first-order chi connectivity index (χ1) is 9.63. The van der Waals surface area contributed by atoms with Crippen molar-refractivity contribution >= 4 is 5.69 Å². The van der Waals surface area contributed by atoms with Crippen LogP contribution in [-0.2, 0) is 11.2 Å². The van der Waals surface area contributed by atoms with E-state index in [2.05, 4.69) is 66.2 Å². The highest BCUT2D eigenvalue weighted by Gasteiger charge is 2.56. The lowest BCUT2D eigenvalue weighted by atomic mass is 9.78. The van der Waals surface area contributed by atoms with E-state index in [1.165, 1.54) is 29.9 Å². The molecule has 1 aromatic carbocycles. The van der Waals surface area contributed by atoms with Crippen molar-refractivity contribution in [3.63, 3.8) is 0 Å². The molecule has 0 spiro atoms. The van der Waals surface area contributed by atoms with Crippen LogP contribution in [0.25, 0.3) is 0 Å². The van der Waals surface area contributed by atoms with E-state index in [1.54, 1.807) is 5.57 Å². The van der Waals surface area contributed by atoms with E-state index in [4.69, 9.17) is 4.74 Å². The van der Waals surface area contributed by atoms with Gasteiger partial charge in [-0.2, -0.15) is 0 Å². The molecule has 2 bridgehead atoms. The molecule has 1 atom stereocenters. The van der Waals surface area contributed by atoms with Crippen molar-refractivity contribution in [2.75, 3.05) is 21.1 Å². The SMILES string of the molecule is CC12CCC(=C(Cc3ccc([N+](C)(C)C)cc3)O1)C2(C)C. The second-order valence-electron chi connectivity index (χ2n) is 8.22. The Bertz CT molecular complexity index is 589. The summed E-state index contributed by atoms with van der Waals surface area (Å²) >= 11 is 0. The molecule has 1 aliphatic heterocycles. The summed E-state index contributed by atoms with van der Waals surface area (Å²) in [4.78, 5) is 0. The van der Waals surface area contributed by atoms with Gasteiger partial charge in [0.05, 0.1) is 21.1 Å². The predicted molar refractivity (Wildman–Crippen MR) is 89.2 cm³/mol. The molecule has 2 aliphatic rings. The third-order valence-electron chi connectivity index (χ3n) is 5.69. The summed E-state index contributed by atoms with van der Waals surface area (Å²) in [7, 11) is 6.59. The van der Waals surface area contributed by atoms with Crippen LogP contribution in [0.5, 0.6) is 0 Å². The fourth-order valence-corrected chi connectivity index (χ4v) is 3.70. The van der Waals surface area contributed by atoms with Crippen LogP contribution in [0.3, 0.4) is 0 Å². The highest BCUT2D eigenvalue weighted by atomic mass is 16.5. The summed E-state index contributed by atoms with van der Waals surface area (Å²) < 4.78 is 7.20. The molecule has 1 aromatic rings. The van der Waals surface area contributed by atoms with Crippen molar-refractivity contribution < 1.29 is 4.74 Å². The number of quaternary nitrogens is 1. The normalized spacial score (nSPS) is 27.1. The minimum absolute atomic E-state index is 0.0138. The van der Waals surface area contributed by atoms with Crippen LogP contribution in [0.1, 0.15) is 39.2 Å². The zero-order valence-corrected chi connectivity index (χ0v) is 14.3. The van der Waals surface area contributed by atoms with Gasteiger partial charge in [-0.05, 0) is 43.0 Å². The van der Waals surface area contributed by atoms with Gasteiger partial charge in [0.1, 0.15) is 17.0 Å². The van der Waals surface area contributed by atoms with Crippen LogP contribution in [0.2, 0.25) is 0 Å². The Balaban J connectivity index is 1.83. The van der Waals surface area contributed by atoms with Crippen LogP contribution >= 0.6 is 0 Å². The number of ether oxygens (including phenoxy) is 1. The van der Waals surface area contributed by atoms with E-state index >= 15 is 0 Å². The Hall–Kier alpha value is -1.28. The zero-order chi connectivity index (χ0) is 15.5. The third kappa shape index (κ3) is 2.20. The first-order valence-corrected chi connectivity index (χ1v) is 7.96. The lowest BCUT2D eigenvalue weighted by Gasteiger charge is -2.33. The Morgan fingerprint density at radius 1 is 1.05 bits per heavy atom. The van der Waals surface area contributed by atoms with Gasteiger partial charge in [-0.15, -0.1) is 0 Å². The van der Waals surface area contributed by atoms with Gasteiger partial charge in [0, 0.05) is 11.8 Å². The largest absolute Gasteiger partial charge is 0.491 e. The van der Waals surface area contributed by atoms with Crippen molar-refractivity contribution in [2.24, 2.45) is 5.41 Å². The highest BCUT2D eigenvalue weighted by molar-refractivity contribution is 5.44. The molecule has 0 aromatic heterocycles. The van der Waals surface area contributed by atoms with E-state index in [-0.39, 0.29) is 11.0 Å². The maximum Gasteiger partial charge on any atom is 0.132 e. The highest BCUT2D eigenvalue weighted by Crippen LogP contribution is 2.59. The van der Waals surface area contributed by atoms with Crippen LogP contribution in [0.15, 0.2) is 35.6 Å². The van der Waals surface area contributed by atoms with E-state index in [1.807, 2.05) is 0 Å². The Kier molecular flexibility index (Phi) is 3.04. The van der Waals surface area contributed by atoms with E-state index in [0.29, 0.717) is 0 Å². The van der Waals surface area contributed by atoms with E-state index < -0.39 is 0 Å². The zero-order valence-electron chi connectivity index (χ0n) is 14.3. The van der Waals surface area contributed by atoms with Crippen LogP contribution in [0, 0.1) is 5.41 Å². The van der Waals surface area contributed by atoms with Crippen molar-refractivity contribution in [1.82, 2.24) is 4.48 Å². The predicted octanol–water partition coefficient (Wildman–Crippen LogP) is 4.29. The summed E-state index contributed by atoms with van der Waals surface area (Å²) in [6, 6.07) is 8.97. The van der Waals surface area contributed by atoms with E-state index in [9.17, 15) is 0 Å². The number of benzene rings is 1. The molecule has 0 N–H and O–H groups in total. The quantitative estimate of drug-likeness (QED) is 0.753. The molecular formula is C19H28NO+. The summed E-state index contributed by atoms with van der Waals surface area (Å²) in [5.41, 5.74) is 4.43. The van der Waals surface area contributed by atoms with Crippen LogP contribution < -0.4 is 4.48 Å². The lowest BCUT2D eigenvalue weighted by molar-refractivity contribution is -0.0206. The molecule has 1 aliphatic carbocycles. The van der Waals surface area contributed by atoms with Gasteiger partial charge in [0.2, 0.25) is 0 Å². The first kappa shape index (κ1) is 14.6. The summed E-state index contributed by atoms with van der Waals surface area (Å²) in [6.45, 7) is 6.94. The monoisotopic (exact) mass is 286 g/mol. The lowest BCUT2D eigenvalue weighted by Crippen LogP contribution is -2.35. The number of nitrogens with zero attached hydrogens (tertiary/aromatic N) is 1. The minimum Gasteiger partial charge on any atom is -0.491 e. The minimum atomic E-state index is 0.0138. The molecule has 0 saturated heterocycles. The van der Waals surface area contributed by atoms with Crippen LogP contribution in [-0.4, -0.2) is 26.7 Å². The molecule has 114 valence electrons. The molecule has 1 saturated carbocycles. The first-order valence-electron chi connectivity index (χ1n) is 7.96. The summed E-state index contributed by atoms with van der Waals surface area (Å²) in [6.07, 6.45) is 3.31. The van der Waals surface area contributed by atoms with Crippen molar-refractivity contribution in [2.45, 2.75) is 45.6 Å². The average molecular weight is 286 g/mol. The molecule has 2 heteroatoms. The second kappa shape index (κ2) is 4.36. The number of fused-ring (bicyclic) bond motifs is 2. The third-order valence-corrected chi connectivity index (χ3v) is 5.69. The van der Waals surface area contributed by atoms with Gasteiger partial charge in [0.15, 0.2) is 0 Å². The van der Waals surface area contributed by atoms with E-state index in [0.717, 1.165) is 10.9 Å². The smallest absolute Gasteiger partial charge is 0.132 e. The Labute approximate surface area is 129 Å². The molecule has 0 amide bonds. The van der Waals surface area contributed by atoms with Crippen molar-refractivity contribution in [3.8, 4) is 0 Å². The van der Waals surface area contributed by atoms with Gasteiger partial charge >= 0.3 is 0 Å². The Morgan fingerprint density at radius 2 is 1.67 bits per heavy atom. The molecule has 2 nitrogen and oxygen atoms in total. The fraction of sp³-hybridized carbons (Fsp3) is 0.579. The molecule has 1 fully saturated rings. The Morgan fingerprint density at radius 3 is 2.10 bits per heavy atom. The molecule has 1 heterocycles. The second-order valence-corrected chi connectivity index (χ2v) is 8.22. The summed E-state index contributed by atoms with van der Waals surface area (Å²) in [5.74, 6) is 1.23. The van der Waals surface area contributed by atoms with Gasteiger partial charge in [-0.25, -0.2) is 0 Å².